The third-order valence-corrected chi connectivity index (χ3v) is 8.21. The van der Waals surface area contributed by atoms with Crippen LogP contribution in [-0.4, -0.2) is 45.6 Å². The van der Waals surface area contributed by atoms with Crippen LogP contribution in [0.1, 0.15) is 176 Å². The Labute approximate surface area is 294 Å². The number of ether oxygens (including phenoxy) is 6. The van der Waals surface area contributed by atoms with E-state index in [1.54, 1.807) is 6.08 Å². The van der Waals surface area contributed by atoms with Gasteiger partial charge >= 0.3 is 5.97 Å². The van der Waals surface area contributed by atoms with Crippen molar-refractivity contribution in [1.29, 1.82) is 0 Å². The Kier molecular flexibility index (Phi) is 27.6. The second-order valence-corrected chi connectivity index (χ2v) is 12.7. The zero-order chi connectivity index (χ0) is 35.1. The van der Waals surface area contributed by atoms with Gasteiger partial charge in [-0.05, 0) is 45.1 Å². The fourth-order valence-electron chi connectivity index (χ4n) is 5.35. The molecule has 0 amide bonds. The zero-order valence-electron chi connectivity index (χ0n) is 31.9. The molecule has 0 heterocycles. The first-order valence-electron chi connectivity index (χ1n) is 19.8. The molecule has 7 heteroatoms. The van der Waals surface area contributed by atoms with E-state index < -0.39 is 5.97 Å². The Balaban J connectivity index is 3.86. The van der Waals surface area contributed by atoms with Crippen LogP contribution in [0, 0.1) is 0 Å². The molecule has 0 N–H and O–H groups in total. The lowest BCUT2D eigenvalue weighted by Crippen LogP contribution is -2.12. The molecule has 0 fully saturated rings. The van der Waals surface area contributed by atoms with E-state index in [2.05, 4.69) is 34.6 Å². The second-order valence-electron chi connectivity index (χ2n) is 12.7. The summed E-state index contributed by atoms with van der Waals surface area (Å²) in [5.41, 5.74) is 0.638. The van der Waals surface area contributed by atoms with E-state index in [1.165, 1.54) is 12.5 Å². The number of esters is 1. The highest BCUT2D eigenvalue weighted by Gasteiger charge is 2.30. The summed E-state index contributed by atoms with van der Waals surface area (Å²) in [4.78, 5) is 12.6. The molecule has 0 atom stereocenters. The SMILES string of the molecule is CCCCCCOc1c(C=CC(=O)OCC)c(OCCCCCC)c(OCCCCCC)c(OCCCCCC)c1OCCCCCC. The topological polar surface area (TPSA) is 72.5 Å². The first-order valence-corrected chi connectivity index (χ1v) is 19.8. The van der Waals surface area contributed by atoms with Crippen molar-refractivity contribution in [3.05, 3.63) is 11.6 Å². The van der Waals surface area contributed by atoms with E-state index in [-0.39, 0.29) is 0 Å². The molecule has 0 aliphatic carbocycles. The van der Waals surface area contributed by atoms with E-state index >= 15 is 0 Å². The summed E-state index contributed by atoms with van der Waals surface area (Å²) in [6.45, 7) is 15.8. The van der Waals surface area contributed by atoms with Crippen LogP contribution >= 0.6 is 0 Å². The summed E-state index contributed by atoms with van der Waals surface area (Å²) in [5, 5.41) is 0. The normalized spacial score (nSPS) is 11.2. The molecule has 1 rings (SSSR count). The number of unbranched alkanes of at least 4 members (excludes halogenated alkanes) is 15. The monoisotopic (exact) mass is 677 g/mol. The van der Waals surface area contributed by atoms with Crippen molar-refractivity contribution in [2.45, 2.75) is 170 Å². The van der Waals surface area contributed by atoms with Crippen molar-refractivity contribution in [1.82, 2.24) is 0 Å². The molecule has 0 spiro atoms. The maximum atomic E-state index is 12.6. The third kappa shape index (κ3) is 18.8. The lowest BCUT2D eigenvalue weighted by Gasteiger charge is -2.25. The molecular weight excluding hydrogens is 604 g/mol. The fourth-order valence-corrected chi connectivity index (χ4v) is 5.35. The molecule has 1 aromatic carbocycles. The minimum atomic E-state index is -0.416. The molecule has 0 unspecified atom stereocenters. The summed E-state index contributed by atoms with van der Waals surface area (Å²) < 4.78 is 38.4. The van der Waals surface area contributed by atoms with Gasteiger partial charge in [0.15, 0.2) is 11.5 Å². The number of benzene rings is 1. The Morgan fingerprint density at radius 1 is 0.417 bits per heavy atom. The Bertz CT molecular complexity index is 906. The maximum Gasteiger partial charge on any atom is 0.330 e. The van der Waals surface area contributed by atoms with Gasteiger partial charge in [0, 0.05) is 6.08 Å². The highest BCUT2D eigenvalue weighted by atomic mass is 16.6. The highest BCUT2D eigenvalue weighted by molar-refractivity contribution is 5.90. The van der Waals surface area contributed by atoms with Crippen molar-refractivity contribution < 1.29 is 33.2 Å². The van der Waals surface area contributed by atoms with Crippen LogP contribution in [0.5, 0.6) is 28.7 Å². The second kappa shape index (κ2) is 30.5. The molecule has 0 aliphatic rings. The zero-order valence-corrected chi connectivity index (χ0v) is 31.9. The molecule has 0 bridgehead atoms. The summed E-state index contributed by atoms with van der Waals surface area (Å²) in [6.07, 6.45) is 24.8. The molecule has 278 valence electrons. The quantitative estimate of drug-likeness (QED) is 0.0417. The van der Waals surface area contributed by atoms with Gasteiger partial charge in [-0.15, -0.1) is 0 Å². The van der Waals surface area contributed by atoms with Crippen molar-refractivity contribution in [3.63, 3.8) is 0 Å². The Morgan fingerprint density at radius 3 is 1.00 bits per heavy atom. The van der Waals surface area contributed by atoms with Crippen LogP contribution in [0.2, 0.25) is 0 Å². The molecule has 0 aliphatic heterocycles. The number of carbonyl (C=O) groups excluding carboxylic acids is 1. The maximum absolute atomic E-state index is 12.6. The molecule has 7 nitrogen and oxygen atoms in total. The third-order valence-electron chi connectivity index (χ3n) is 8.21. The summed E-state index contributed by atoms with van der Waals surface area (Å²) in [7, 11) is 0. The van der Waals surface area contributed by atoms with Crippen molar-refractivity contribution in [2.24, 2.45) is 0 Å². The van der Waals surface area contributed by atoms with Gasteiger partial charge in [0.2, 0.25) is 17.2 Å². The number of hydrogen-bond acceptors (Lipinski definition) is 7. The predicted molar refractivity (Wildman–Crippen MR) is 200 cm³/mol. The highest BCUT2D eigenvalue weighted by Crippen LogP contribution is 2.55. The van der Waals surface area contributed by atoms with E-state index in [0.717, 1.165) is 122 Å². The van der Waals surface area contributed by atoms with Crippen LogP contribution in [0.4, 0.5) is 0 Å². The number of rotatable bonds is 33. The fraction of sp³-hybridized carbons (Fsp3) is 0.780. The predicted octanol–water partition coefficient (Wildman–Crippen LogP) is 12.1. The van der Waals surface area contributed by atoms with Gasteiger partial charge in [-0.3, -0.25) is 0 Å². The largest absolute Gasteiger partial charge is 0.489 e. The average Bonchev–Trinajstić information content (AvgIpc) is 3.08. The lowest BCUT2D eigenvalue weighted by atomic mass is 10.1. The van der Waals surface area contributed by atoms with Gasteiger partial charge in [-0.2, -0.15) is 0 Å². The molecular formula is C41H72O7. The van der Waals surface area contributed by atoms with Crippen molar-refractivity contribution in [2.75, 3.05) is 39.6 Å². The van der Waals surface area contributed by atoms with Crippen LogP contribution in [-0.2, 0) is 9.53 Å². The van der Waals surface area contributed by atoms with E-state index in [0.29, 0.717) is 74.0 Å². The van der Waals surface area contributed by atoms with Gasteiger partial charge in [-0.25, -0.2) is 4.79 Å². The van der Waals surface area contributed by atoms with E-state index in [4.69, 9.17) is 28.4 Å². The molecule has 48 heavy (non-hydrogen) atoms. The first-order chi connectivity index (χ1) is 23.6. The summed E-state index contributed by atoms with van der Waals surface area (Å²) in [5.74, 6) is 2.32. The minimum Gasteiger partial charge on any atom is -0.489 e. The van der Waals surface area contributed by atoms with Crippen LogP contribution in [0.3, 0.4) is 0 Å². The van der Waals surface area contributed by atoms with Gasteiger partial charge in [0.05, 0.1) is 45.2 Å². The Hall–Kier alpha value is -2.57. The number of hydrogen-bond donors (Lipinski definition) is 0. The first kappa shape index (κ1) is 43.5. The van der Waals surface area contributed by atoms with Gasteiger partial charge in [-0.1, -0.05) is 131 Å². The van der Waals surface area contributed by atoms with Gasteiger partial charge in [0.25, 0.3) is 0 Å². The minimum absolute atomic E-state index is 0.299. The molecule has 0 radical (unpaired) electrons. The van der Waals surface area contributed by atoms with Crippen LogP contribution in [0.15, 0.2) is 6.08 Å². The van der Waals surface area contributed by atoms with Crippen molar-refractivity contribution in [3.8, 4) is 28.7 Å². The lowest BCUT2D eigenvalue weighted by molar-refractivity contribution is -0.137. The molecule has 0 aromatic heterocycles. The standard InChI is InChI=1S/C41H72O7/c1-7-13-18-23-30-44-37-35(28-29-36(42)43-12-6)38(45-31-24-19-14-8-2)40(47-33-26-21-16-10-4)41(48-34-27-22-17-11-5)39(37)46-32-25-20-15-9-3/h28-29H,7-27,30-34H2,1-6H3. The van der Waals surface area contributed by atoms with Gasteiger partial charge in [0.1, 0.15) is 0 Å². The van der Waals surface area contributed by atoms with Crippen LogP contribution in [0.25, 0.3) is 6.08 Å². The van der Waals surface area contributed by atoms with Gasteiger partial charge < -0.3 is 28.4 Å². The van der Waals surface area contributed by atoms with Crippen molar-refractivity contribution >= 4 is 12.0 Å². The molecule has 0 saturated heterocycles. The number of carbonyl (C=O) groups is 1. The summed E-state index contributed by atoms with van der Waals surface area (Å²) >= 11 is 0. The van der Waals surface area contributed by atoms with Crippen LogP contribution < -0.4 is 23.7 Å². The molecule has 1 aromatic rings. The Morgan fingerprint density at radius 2 is 0.708 bits per heavy atom. The molecule has 0 saturated carbocycles. The average molecular weight is 677 g/mol. The van der Waals surface area contributed by atoms with E-state index in [9.17, 15) is 4.79 Å². The smallest absolute Gasteiger partial charge is 0.330 e. The summed E-state index contributed by atoms with van der Waals surface area (Å²) in [6, 6.07) is 0. The van der Waals surface area contributed by atoms with E-state index in [1.807, 2.05) is 6.92 Å².